The molecule has 2 heteroatoms. The summed E-state index contributed by atoms with van der Waals surface area (Å²) >= 11 is 0. The van der Waals surface area contributed by atoms with Crippen LogP contribution in [-0.2, 0) is 10.8 Å². The molecule has 0 aliphatic heterocycles. The van der Waals surface area contributed by atoms with Crippen LogP contribution in [0.25, 0.3) is 54.6 Å². The Morgan fingerprint density at radius 1 is 0.319 bits per heavy atom. The molecule has 2 aliphatic carbocycles. The van der Waals surface area contributed by atoms with E-state index in [4.69, 9.17) is 0 Å². The van der Waals surface area contributed by atoms with Crippen LogP contribution in [-0.4, -0.2) is 0 Å². The van der Waals surface area contributed by atoms with Crippen molar-refractivity contribution in [2.24, 2.45) is 0 Å². The molecule has 0 unspecified atom stereocenters. The number of anilines is 6. The normalized spacial score (nSPS) is 14.3. The second kappa shape index (κ2) is 16.7. The van der Waals surface area contributed by atoms with Crippen LogP contribution < -0.4 is 9.80 Å². The van der Waals surface area contributed by atoms with Gasteiger partial charge in [-0.25, -0.2) is 0 Å². The largest absolute Gasteiger partial charge is 0.310 e. The summed E-state index contributed by atoms with van der Waals surface area (Å²) in [5.41, 5.74) is 23.0. The molecule has 0 spiro atoms. The molecule has 0 radical (unpaired) electrons. The zero-order chi connectivity index (χ0) is 50.1. The fourth-order valence-electron chi connectivity index (χ4n) is 13.2. The molecule has 358 valence electrons. The van der Waals surface area contributed by atoms with Crippen molar-refractivity contribution in [2.75, 3.05) is 9.80 Å². The number of fused-ring (bicyclic) bond motifs is 6. The van der Waals surface area contributed by atoms with Crippen molar-refractivity contribution in [3.63, 3.8) is 0 Å². The molecule has 0 N–H and O–H groups in total. The summed E-state index contributed by atoms with van der Waals surface area (Å²) in [5.74, 6) is 1.42. The van der Waals surface area contributed by atoms with Gasteiger partial charge >= 0.3 is 0 Å². The smallest absolute Gasteiger partial charge is 0.0540 e. The lowest BCUT2D eigenvalue weighted by Crippen LogP contribution is -2.21. The van der Waals surface area contributed by atoms with Crippen LogP contribution in [0.4, 0.5) is 34.1 Å². The SMILES string of the molecule is CC(C)c1ccc(N(c2cccc3c2C(C)(C)c2ccccc2-3)c2ccc3c(C(C)C)cc4c(N(c5ccc(C(C)C)cc5)c5cccc6c5C(C)(C)c5ccccc5-6)ccc5c(C(C)C)cc2c3c54)cc1. The van der Waals surface area contributed by atoms with Gasteiger partial charge in [0.2, 0.25) is 0 Å². The molecule has 0 saturated carbocycles. The summed E-state index contributed by atoms with van der Waals surface area (Å²) in [7, 11) is 0. The molecule has 2 aliphatic rings. The highest BCUT2D eigenvalue weighted by Gasteiger charge is 2.41. The van der Waals surface area contributed by atoms with Crippen molar-refractivity contribution >= 4 is 66.4 Å². The molecule has 0 bridgehead atoms. The Balaban J connectivity index is 1.19. The van der Waals surface area contributed by atoms with Gasteiger partial charge in [0.25, 0.3) is 0 Å². The van der Waals surface area contributed by atoms with Crippen molar-refractivity contribution in [3.05, 3.63) is 214 Å². The molecule has 0 heterocycles. The van der Waals surface area contributed by atoms with Gasteiger partial charge in [-0.3, -0.25) is 0 Å². The Hall–Kier alpha value is -7.16. The number of hydrogen-bond donors (Lipinski definition) is 0. The molecule has 0 aromatic heterocycles. The van der Waals surface area contributed by atoms with Gasteiger partial charge in [-0.05, 0) is 173 Å². The van der Waals surface area contributed by atoms with E-state index in [9.17, 15) is 0 Å². The highest BCUT2D eigenvalue weighted by Crippen LogP contribution is 2.58. The lowest BCUT2D eigenvalue weighted by atomic mass is 9.80. The van der Waals surface area contributed by atoms with Crippen molar-refractivity contribution in [1.82, 2.24) is 0 Å². The van der Waals surface area contributed by atoms with E-state index in [1.54, 1.807) is 0 Å². The van der Waals surface area contributed by atoms with E-state index < -0.39 is 0 Å². The van der Waals surface area contributed by atoms with Crippen LogP contribution in [0.5, 0.6) is 0 Å². The van der Waals surface area contributed by atoms with Crippen molar-refractivity contribution < 1.29 is 0 Å². The molecule has 10 aromatic carbocycles. The Bertz CT molecular complexity index is 3500. The van der Waals surface area contributed by atoms with Gasteiger partial charge in [0.05, 0.1) is 22.7 Å². The third-order valence-corrected chi connectivity index (χ3v) is 16.9. The third kappa shape index (κ3) is 6.74. The highest BCUT2D eigenvalue weighted by molar-refractivity contribution is 6.30. The van der Waals surface area contributed by atoms with Gasteiger partial charge in [-0.2, -0.15) is 0 Å². The summed E-state index contributed by atoms with van der Waals surface area (Å²) < 4.78 is 0. The van der Waals surface area contributed by atoms with Gasteiger partial charge in [0.15, 0.2) is 0 Å². The van der Waals surface area contributed by atoms with E-state index in [1.807, 2.05) is 0 Å². The standard InChI is InChI=1S/C70H68N2/c1-41(2)45-27-31-47(32-28-45)71(63-25-17-21-53-49-19-13-15-23-59(49)69(9,10)67(53)63)61-37-35-51-56(44(7)8)40-58-62(38-36-52-55(43(5)6)39-57(61)65(51)66(52)58)72(48-33-29-46(30-34-48)42(3)4)64-26-18-22-54-50-20-14-16-24-60(50)70(11,12)68(54)64/h13-44H,1-12H3. The lowest BCUT2D eigenvalue weighted by molar-refractivity contribution is 0.660. The average molecular weight is 937 g/mol. The number of rotatable bonds is 10. The monoisotopic (exact) mass is 937 g/mol. The van der Waals surface area contributed by atoms with Gasteiger partial charge in [0.1, 0.15) is 0 Å². The second-order valence-electron chi connectivity index (χ2n) is 23.3. The van der Waals surface area contributed by atoms with Crippen LogP contribution in [0.3, 0.4) is 0 Å². The molecule has 10 aromatic rings. The average Bonchev–Trinajstić information content (AvgIpc) is 3.76. The Morgan fingerprint density at radius 3 is 1.04 bits per heavy atom. The van der Waals surface area contributed by atoms with E-state index in [2.05, 4.69) is 263 Å². The Morgan fingerprint density at radius 2 is 0.681 bits per heavy atom. The Labute approximate surface area is 428 Å². The maximum Gasteiger partial charge on any atom is 0.0540 e. The van der Waals surface area contributed by atoms with Crippen LogP contribution >= 0.6 is 0 Å². The first-order valence-electron chi connectivity index (χ1n) is 26.6. The summed E-state index contributed by atoms with van der Waals surface area (Å²) in [6.45, 7) is 28.3. The van der Waals surface area contributed by atoms with E-state index >= 15 is 0 Å². The number of hydrogen-bond acceptors (Lipinski definition) is 2. The molecule has 2 nitrogen and oxygen atoms in total. The van der Waals surface area contributed by atoms with Gasteiger partial charge in [0, 0.05) is 33.0 Å². The fraction of sp³-hybridized carbons (Fsp3) is 0.257. The molecular formula is C70H68N2. The first-order valence-corrected chi connectivity index (χ1v) is 26.6. The minimum Gasteiger partial charge on any atom is -0.310 e. The molecule has 0 fully saturated rings. The van der Waals surface area contributed by atoms with Crippen LogP contribution in [0, 0.1) is 0 Å². The summed E-state index contributed by atoms with van der Waals surface area (Å²) in [6.07, 6.45) is 0. The minimum atomic E-state index is -0.213. The van der Waals surface area contributed by atoms with Gasteiger partial charge in [-0.1, -0.05) is 192 Å². The highest BCUT2D eigenvalue weighted by atomic mass is 15.2. The minimum absolute atomic E-state index is 0.213. The predicted octanol–water partition coefficient (Wildman–Crippen LogP) is 20.6. The first kappa shape index (κ1) is 45.9. The molecule has 0 saturated heterocycles. The van der Waals surface area contributed by atoms with E-state index in [-0.39, 0.29) is 22.7 Å². The van der Waals surface area contributed by atoms with Gasteiger partial charge < -0.3 is 9.80 Å². The zero-order valence-electron chi connectivity index (χ0n) is 44.4. The zero-order valence-corrected chi connectivity index (χ0v) is 44.4. The van der Waals surface area contributed by atoms with Crippen LogP contribution in [0.1, 0.15) is 151 Å². The third-order valence-electron chi connectivity index (χ3n) is 16.9. The molecule has 0 atom stereocenters. The predicted molar refractivity (Wildman–Crippen MR) is 311 cm³/mol. The topological polar surface area (TPSA) is 6.48 Å². The summed E-state index contributed by atoms with van der Waals surface area (Å²) in [5, 5.41) is 7.93. The van der Waals surface area contributed by atoms with Crippen LogP contribution in [0.2, 0.25) is 0 Å². The quantitative estimate of drug-likeness (QED) is 0.126. The maximum absolute atomic E-state index is 2.61. The first-order chi connectivity index (χ1) is 34.6. The maximum atomic E-state index is 2.61. The van der Waals surface area contributed by atoms with Crippen molar-refractivity contribution in [3.8, 4) is 22.3 Å². The fourth-order valence-corrected chi connectivity index (χ4v) is 13.2. The molecular weight excluding hydrogens is 869 g/mol. The van der Waals surface area contributed by atoms with E-state index in [1.165, 1.54) is 133 Å². The van der Waals surface area contributed by atoms with E-state index in [0.29, 0.717) is 11.8 Å². The van der Waals surface area contributed by atoms with E-state index in [0.717, 1.165) is 0 Å². The van der Waals surface area contributed by atoms with Gasteiger partial charge in [-0.15, -0.1) is 0 Å². The lowest BCUT2D eigenvalue weighted by Gasteiger charge is -2.35. The second-order valence-corrected chi connectivity index (χ2v) is 23.3. The Kier molecular flexibility index (Phi) is 10.7. The van der Waals surface area contributed by atoms with Crippen LogP contribution in [0.15, 0.2) is 170 Å². The summed E-state index contributed by atoms with van der Waals surface area (Å²) in [6, 6.07) is 65.9. The molecule has 72 heavy (non-hydrogen) atoms. The number of benzene rings is 10. The summed E-state index contributed by atoms with van der Waals surface area (Å²) in [4.78, 5) is 5.22. The number of nitrogens with zero attached hydrogens (tertiary/aromatic N) is 2. The molecule has 0 amide bonds. The van der Waals surface area contributed by atoms with Crippen molar-refractivity contribution in [2.45, 2.75) is 118 Å². The van der Waals surface area contributed by atoms with Crippen molar-refractivity contribution in [1.29, 1.82) is 0 Å². The molecule has 12 rings (SSSR count).